The van der Waals surface area contributed by atoms with Crippen LogP contribution in [0.25, 0.3) is 0 Å². The zero-order valence-corrected chi connectivity index (χ0v) is 32.1. The molecule has 280 valence electrons. The fraction of sp³-hybridized carbons (Fsp3) is 0.595. The van der Waals surface area contributed by atoms with Gasteiger partial charge in [-0.05, 0) is 114 Å². The van der Waals surface area contributed by atoms with Crippen LogP contribution in [-0.4, -0.2) is 89.5 Å². The molecular formula is C37H50ClN3O9S. The summed E-state index contributed by atoms with van der Waals surface area (Å²) < 4.78 is 52.3. The predicted octanol–water partition coefficient (Wildman–Crippen LogP) is 5.48. The fourth-order valence-electron chi connectivity index (χ4n) is 7.03. The van der Waals surface area contributed by atoms with Gasteiger partial charge in [0.15, 0.2) is 0 Å². The second-order valence-corrected chi connectivity index (χ2v) is 17.5. The number of halogens is 1. The SMILES string of the molecule is COC(=O)[C@@H]1CC[C@H]1CN1C[C@@]2(CCCc3cc(Cl)ccc32)COc2ccc(S(=O)(=O)NC(=O)C(C)(C)OCCN(C)C(=O)OC(C)(C)C)cc21. The van der Waals surface area contributed by atoms with Crippen molar-refractivity contribution in [3.8, 4) is 5.75 Å². The zero-order chi connectivity index (χ0) is 37.4. The highest BCUT2D eigenvalue weighted by Gasteiger charge is 2.45. The maximum Gasteiger partial charge on any atom is 0.410 e. The van der Waals surface area contributed by atoms with Crippen molar-refractivity contribution in [2.24, 2.45) is 11.8 Å². The molecule has 1 aliphatic heterocycles. The number of rotatable bonds is 10. The number of carbonyl (C=O) groups is 3. The van der Waals surface area contributed by atoms with E-state index in [0.717, 1.165) is 37.7 Å². The van der Waals surface area contributed by atoms with Crippen molar-refractivity contribution in [1.82, 2.24) is 9.62 Å². The van der Waals surface area contributed by atoms with Crippen molar-refractivity contribution in [2.45, 2.75) is 88.2 Å². The van der Waals surface area contributed by atoms with E-state index >= 15 is 0 Å². The molecular weight excluding hydrogens is 698 g/mol. The Kier molecular flexibility index (Phi) is 11.2. The van der Waals surface area contributed by atoms with Gasteiger partial charge < -0.3 is 28.7 Å². The molecule has 2 aromatic rings. The number of hydrogen-bond acceptors (Lipinski definition) is 10. The third kappa shape index (κ3) is 8.74. The van der Waals surface area contributed by atoms with Crippen molar-refractivity contribution in [3.05, 3.63) is 52.5 Å². The van der Waals surface area contributed by atoms with E-state index < -0.39 is 38.6 Å². The third-order valence-corrected chi connectivity index (χ3v) is 11.6. The minimum Gasteiger partial charge on any atom is -0.490 e. The number of methoxy groups -OCH3 is 1. The Labute approximate surface area is 306 Å². The smallest absolute Gasteiger partial charge is 0.410 e. The summed E-state index contributed by atoms with van der Waals surface area (Å²) in [6.07, 6.45) is 3.73. The number of sulfonamides is 1. The van der Waals surface area contributed by atoms with Crippen LogP contribution in [0, 0.1) is 11.8 Å². The van der Waals surface area contributed by atoms with Crippen LogP contribution in [0.4, 0.5) is 10.5 Å². The maximum atomic E-state index is 13.7. The molecule has 1 fully saturated rings. The molecule has 3 aliphatic rings. The summed E-state index contributed by atoms with van der Waals surface area (Å²) in [7, 11) is -1.41. The van der Waals surface area contributed by atoms with E-state index in [1.54, 1.807) is 33.9 Å². The van der Waals surface area contributed by atoms with E-state index in [9.17, 15) is 22.8 Å². The summed E-state index contributed by atoms with van der Waals surface area (Å²) in [5, 5.41) is 0.675. The number of ether oxygens (including phenoxy) is 4. The molecule has 1 saturated carbocycles. The van der Waals surface area contributed by atoms with Gasteiger partial charge >= 0.3 is 12.1 Å². The first-order valence-electron chi connectivity index (χ1n) is 17.4. The van der Waals surface area contributed by atoms with Crippen molar-refractivity contribution in [1.29, 1.82) is 0 Å². The molecule has 0 saturated heterocycles. The highest BCUT2D eigenvalue weighted by atomic mass is 35.5. The van der Waals surface area contributed by atoms with Crippen molar-refractivity contribution < 1.29 is 41.7 Å². The number of nitrogens with one attached hydrogen (secondary N) is 1. The normalized spacial score (nSPS) is 21.7. The number of nitrogens with zero attached hydrogens (tertiary/aromatic N) is 2. The number of likely N-dealkylation sites (N-methyl/N-ethyl adjacent to an activating group) is 1. The summed E-state index contributed by atoms with van der Waals surface area (Å²) in [6, 6.07) is 10.6. The molecule has 2 aliphatic carbocycles. The van der Waals surface area contributed by atoms with Gasteiger partial charge in [-0.2, -0.15) is 0 Å². The molecule has 0 radical (unpaired) electrons. The molecule has 0 aromatic heterocycles. The molecule has 1 heterocycles. The highest BCUT2D eigenvalue weighted by molar-refractivity contribution is 7.90. The van der Waals surface area contributed by atoms with E-state index in [4.69, 9.17) is 30.5 Å². The van der Waals surface area contributed by atoms with Gasteiger partial charge in [-0.3, -0.25) is 9.59 Å². The lowest BCUT2D eigenvalue weighted by atomic mass is 9.69. The minimum atomic E-state index is -4.36. The second-order valence-electron chi connectivity index (χ2n) is 15.4. The van der Waals surface area contributed by atoms with E-state index in [0.29, 0.717) is 36.2 Å². The molecule has 3 atom stereocenters. The topological polar surface area (TPSA) is 141 Å². The molecule has 12 nitrogen and oxygen atoms in total. The molecule has 2 aromatic carbocycles. The number of anilines is 1. The van der Waals surface area contributed by atoms with Crippen LogP contribution in [0.3, 0.4) is 0 Å². The van der Waals surface area contributed by atoms with Gasteiger partial charge in [-0.15, -0.1) is 0 Å². The van der Waals surface area contributed by atoms with Crippen LogP contribution in [0.1, 0.15) is 71.4 Å². The van der Waals surface area contributed by atoms with Gasteiger partial charge in [0, 0.05) is 37.1 Å². The number of esters is 1. The molecule has 0 bridgehead atoms. The summed E-state index contributed by atoms with van der Waals surface area (Å²) in [6.45, 7) is 9.70. The van der Waals surface area contributed by atoms with Crippen LogP contribution in [-0.2, 0) is 45.7 Å². The second kappa shape index (κ2) is 14.8. The number of carbonyl (C=O) groups excluding carboxylic acids is 3. The standard InChI is InChI=1S/C37H50ClN3O9S/c1-35(2,3)50-34(44)40(6)17-18-49-36(4,5)33(43)39-51(45,46)27-12-15-31-30(20-27)41(21-25-10-13-28(25)32(42)47-7)22-37(23-48-31)16-8-9-24-19-26(38)11-14-29(24)37/h11-12,14-15,19-20,25,28H,8-10,13,16-18,21-23H2,1-7H3,(H,39,43)/t25-,28+,37-/m0/s1. The number of fused-ring (bicyclic) bond motifs is 3. The Morgan fingerprint density at radius 3 is 2.51 bits per heavy atom. The van der Waals surface area contributed by atoms with Crippen LogP contribution in [0.15, 0.2) is 41.3 Å². The average molecular weight is 748 g/mol. The Morgan fingerprint density at radius 1 is 1.10 bits per heavy atom. The average Bonchev–Trinajstić information content (AvgIpc) is 3.18. The van der Waals surface area contributed by atoms with Gasteiger partial charge in [0.2, 0.25) is 0 Å². The first-order chi connectivity index (χ1) is 23.8. The highest BCUT2D eigenvalue weighted by Crippen LogP contribution is 2.46. The maximum absolute atomic E-state index is 13.7. The quantitative estimate of drug-likeness (QED) is 0.311. The minimum absolute atomic E-state index is 0.0148. The third-order valence-electron chi connectivity index (χ3n) is 10.1. The van der Waals surface area contributed by atoms with Crippen LogP contribution < -0.4 is 14.4 Å². The molecule has 14 heteroatoms. The summed E-state index contributed by atoms with van der Waals surface area (Å²) in [5.41, 5.74) is 0.298. The van der Waals surface area contributed by atoms with Gasteiger partial charge in [0.05, 0.1) is 36.8 Å². The molecule has 0 unspecified atom stereocenters. The lowest BCUT2D eigenvalue weighted by molar-refractivity contribution is -0.151. The first-order valence-corrected chi connectivity index (χ1v) is 19.2. The number of aryl methyl sites for hydroxylation is 1. The molecule has 5 rings (SSSR count). The van der Waals surface area contributed by atoms with E-state index in [-0.39, 0.29) is 35.9 Å². The van der Waals surface area contributed by atoms with Crippen LogP contribution in [0.2, 0.25) is 5.02 Å². The van der Waals surface area contributed by atoms with E-state index in [2.05, 4.69) is 15.7 Å². The molecule has 1 N–H and O–H groups in total. The Balaban J connectivity index is 1.37. The fourth-order valence-corrected chi connectivity index (χ4v) is 8.35. The summed E-state index contributed by atoms with van der Waals surface area (Å²) >= 11 is 6.39. The molecule has 1 spiro atoms. The molecule has 51 heavy (non-hydrogen) atoms. The van der Waals surface area contributed by atoms with Gasteiger partial charge in [-0.25, -0.2) is 17.9 Å². The lowest BCUT2D eigenvalue weighted by Gasteiger charge is -2.43. The van der Waals surface area contributed by atoms with E-state index in [1.165, 1.54) is 43.6 Å². The van der Waals surface area contributed by atoms with Crippen molar-refractivity contribution in [3.63, 3.8) is 0 Å². The molecule has 2 amide bonds. The Morgan fingerprint density at radius 2 is 1.84 bits per heavy atom. The zero-order valence-electron chi connectivity index (χ0n) is 30.5. The van der Waals surface area contributed by atoms with Gasteiger partial charge in [0.1, 0.15) is 17.0 Å². The first kappa shape index (κ1) is 38.7. The summed E-state index contributed by atoms with van der Waals surface area (Å²) in [5.74, 6) is -0.818. The monoisotopic (exact) mass is 747 g/mol. The van der Waals surface area contributed by atoms with Crippen molar-refractivity contribution in [2.75, 3.05) is 51.9 Å². The van der Waals surface area contributed by atoms with Crippen LogP contribution in [0.5, 0.6) is 5.75 Å². The number of hydrogen-bond donors (Lipinski definition) is 1. The lowest BCUT2D eigenvalue weighted by Crippen LogP contribution is -2.49. The summed E-state index contributed by atoms with van der Waals surface area (Å²) in [4.78, 5) is 41.5. The van der Waals surface area contributed by atoms with Crippen LogP contribution >= 0.6 is 11.6 Å². The van der Waals surface area contributed by atoms with Gasteiger partial charge in [-0.1, -0.05) is 17.7 Å². The number of benzene rings is 2. The largest absolute Gasteiger partial charge is 0.490 e. The number of amides is 2. The van der Waals surface area contributed by atoms with Crippen molar-refractivity contribution >= 4 is 45.3 Å². The Hall–Kier alpha value is -3.55. The Bertz CT molecular complexity index is 1760. The predicted molar refractivity (Wildman–Crippen MR) is 193 cm³/mol. The van der Waals surface area contributed by atoms with Gasteiger partial charge in [0.25, 0.3) is 15.9 Å². The van der Waals surface area contributed by atoms with E-state index in [1.807, 2.05) is 12.1 Å².